The van der Waals surface area contributed by atoms with E-state index >= 15 is 0 Å². The molecule has 1 aromatic rings. The van der Waals surface area contributed by atoms with Gasteiger partial charge in [0.2, 0.25) is 5.91 Å². The highest BCUT2D eigenvalue weighted by Crippen LogP contribution is 2.18. The third kappa shape index (κ3) is 6.79. The minimum Gasteiger partial charge on any atom is -0.491 e. The van der Waals surface area contributed by atoms with Gasteiger partial charge in [0.25, 0.3) is 0 Å². The van der Waals surface area contributed by atoms with Gasteiger partial charge in [-0.2, -0.15) is 0 Å². The lowest BCUT2D eigenvalue weighted by atomic mass is 10.1. The largest absolute Gasteiger partial charge is 0.491 e. The molecule has 0 saturated carbocycles. The first-order valence-corrected chi connectivity index (χ1v) is 7.16. The normalized spacial score (nSPS) is 12.0. The molecule has 0 bridgehead atoms. The quantitative estimate of drug-likeness (QED) is 0.772. The lowest BCUT2D eigenvalue weighted by Crippen LogP contribution is -2.26. The van der Waals surface area contributed by atoms with Crippen LogP contribution in [0, 0.1) is 0 Å². The lowest BCUT2D eigenvalue weighted by molar-refractivity contribution is -0.137. The molecule has 1 rings (SSSR count). The van der Waals surface area contributed by atoms with Gasteiger partial charge in [-0.3, -0.25) is 9.59 Å². The van der Waals surface area contributed by atoms with E-state index in [0.29, 0.717) is 6.42 Å². The molecule has 0 aromatic heterocycles. The van der Waals surface area contributed by atoms with Crippen LogP contribution in [0.15, 0.2) is 24.3 Å². The summed E-state index contributed by atoms with van der Waals surface area (Å²) in [5.41, 5.74) is 0.984. The van der Waals surface area contributed by atoms with Crippen LogP contribution in [-0.2, 0) is 9.59 Å². The zero-order valence-electron chi connectivity index (χ0n) is 12.8. The molecule has 0 spiro atoms. The minimum atomic E-state index is -0.878. The van der Waals surface area contributed by atoms with E-state index in [1.165, 1.54) is 0 Å². The fourth-order valence-corrected chi connectivity index (χ4v) is 1.90. The van der Waals surface area contributed by atoms with Crippen LogP contribution >= 0.6 is 0 Å². The van der Waals surface area contributed by atoms with Gasteiger partial charge in [0, 0.05) is 12.8 Å². The fraction of sp³-hybridized carbons (Fsp3) is 0.500. The molecule has 0 fully saturated rings. The van der Waals surface area contributed by atoms with E-state index in [9.17, 15) is 9.59 Å². The van der Waals surface area contributed by atoms with Gasteiger partial charge in [-0.05, 0) is 44.9 Å². The summed E-state index contributed by atoms with van der Waals surface area (Å²) in [5, 5.41) is 11.4. The molecule has 1 amide bonds. The highest BCUT2D eigenvalue weighted by molar-refractivity contribution is 5.77. The Labute approximate surface area is 125 Å². The molecular formula is C16H23NO4. The van der Waals surface area contributed by atoms with Crippen molar-refractivity contribution in [3.05, 3.63) is 29.8 Å². The van der Waals surface area contributed by atoms with Crippen molar-refractivity contribution in [3.63, 3.8) is 0 Å². The second-order valence-electron chi connectivity index (χ2n) is 5.27. The molecule has 1 aromatic carbocycles. The van der Waals surface area contributed by atoms with E-state index < -0.39 is 5.97 Å². The smallest absolute Gasteiger partial charge is 0.303 e. The van der Waals surface area contributed by atoms with E-state index in [2.05, 4.69) is 5.32 Å². The number of carboxylic acids is 1. The number of ether oxygens (including phenoxy) is 1. The molecule has 1 atom stereocenters. The van der Waals surface area contributed by atoms with Crippen LogP contribution in [0.3, 0.4) is 0 Å². The first-order valence-electron chi connectivity index (χ1n) is 7.16. The predicted molar refractivity (Wildman–Crippen MR) is 80.3 cm³/mol. The molecular weight excluding hydrogens is 270 g/mol. The number of hydrogen-bond acceptors (Lipinski definition) is 3. The Kier molecular flexibility index (Phi) is 6.72. The Balaban J connectivity index is 2.45. The maximum Gasteiger partial charge on any atom is 0.303 e. The van der Waals surface area contributed by atoms with Crippen molar-refractivity contribution in [2.45, 2.75) is 52.2 Å². The Bertz CT molecular complexity index is 468. The van der Waals surface area contributed by atoms with Gasteiger partial charge in [0.1, 0.15) is 5.75 Å². The molecule has 0 aliphatic carbocycles. The second kappa shape index (κ2) is 8.29. The van der Waals surface area contributed by atoms with Crippen LogP contribution in [0.25, 0.3) is 0 Å². The average Bonchev–Trinajstić information content (AvgIpc) is 2.38. The summed E-state index contributed by atoms with van der Waals surface area (Å²) < 4.78 is 5.56. The number of rotatable bonds is 8. The Morgan fingerprint density at radius 2 is 1.76 bits per heavy atom. The summed E-state index contributed by atoms with van der Waals surface area (Å²) >= 11 is 0. The van der Waals surface area contributed by atoms with Crippen molar-refractivity contribution in [3.8, 4) is 5.75 Å². The van der Waals surface area contributed by atoms with Gasteiger partial charge >= 0.3 is 5.97 Å². The summed E-state index contributed by atoms with van der Waals surface area (Å²) in [6, 6.07) is 7.47. The summed E-state index contributed by atoms with van der Waals surface area (Å²) in [7, 11) is 0. The van der Waals surface area contributed by atoms with Gasteiger partial charge in [-0.25, -0.2) is 0 Å². The average molecular weight is 293 g/mol. The number of nitrogens with one attached hydrogen (secondary N) is 1. The van der Waals surface area contributed by atoms with E-state index in [-0.39, 0.29) is 30.9 Å². The molecule has 21 heavy (non-hydrogen) atoms. The number of carbonyl (C=O) groups excluding carboxylic acids is 1. The monoisotopic (exact) mass is 293 g/mol. The SMILES string of the molecule is CC(C)Oc1ccc(C(C)NC(=O)CCCC(=O)O)cc1. The van der Waals surface area contributed by atoms with Crippen LogP contribution in [0.2, 0.25) is 0 Å². The first kappa shape index (κ1) is 17.0. The Morgan fingerprint density at radius 1 is 1.14 bits per heavy atom. The van der Waals surface area contributed by atoms with E-state index in [0.717, 1.165) is 11.3 Å². The van der Waals surface area contributed by atoms with E-state index in [4.69, 9.17) is 9.84 Å². The van der Waals surface area contributed by atoms with Crippen molar-refractivity contribution in [2.75, 3.05) is 0 Å². The topological polar surface area (TPSA) is 75.6 Å². The van der Waals surface area contributed by atoms with Crippen molar-refractivity contribution < 1.29 is 19.4 Å². The zero-order valence-corrected chi connectivity index (χ0v) is 12.8. The standard InChI is InChI=1S/C16H23NO4/c1-11(2)21-14-9-7-13(8-10-14)12(3)17-15(18)5-4-6-16(19)20/h7-12H,4-6H2,1-3H3,(H,17,18)(H,19,20). The molecule has 0 aliphatic heterocycles. The van der Waals surface area contributed by atoms with Crippen LogP contribution in [0.5, 0.6) is 5.75 Å². The van der Waals surface area contributed by atoms with Gasteiger partial charge in [0.05, 0.1) is 12.1 Å². The van der Waals surface area contributed by atoms with Gasteiger partial charge < -0.3 is 15.2 Å². The van der Waals surface area contributed by atoms with E-state index in [1.54, 1.807) is 0 Å². The lowest BCUT2D eigenvalue weighted by Gasteiger charge is -2.15. The Morgan fingerprint density at radius 3 is 2.29 bits per heavy atom. The number of carbonyl (C=O) groups is 2. The van der Waals surface area contributed by atoms with Crippen LogP contribution in [0.4, 0.5) is 0 Å². The van der Waals surface area contributed by atoms with Crippen LogP contribution in [-0.4, -0.2) is 23.1 Å². The maximum absolute atomic E-state index is 11.7. The van der Waals surface area contributed by atoms with Crippen LogP contribution in [0.1, 0.15) is 51.6 Å². The second-order valence-corrected chi connectivity index (χ2v) is 5.27. The van der Waals surface area contributed by atoms with Crippen LogP contribution < -0.4 is 10.1 Å². The van der Waals surface area contributed by atoms with Gasteiger partial charge in [0.15, 0.2) is 0 Å². The molecule has 5 heteroatoms. The predicted octanol–water partition coefficient (Wildman–Crippen LogP) is 2.91. The molecule has 116 valence electrons. The number of benzene rings is 1. The van der Waals surface area contributed by atoms with Crippen molar-refractivity contribution in [1.82, 2.24) is 5.32 Å². The molecule has 2 N–H and O–H groups in total. The Hall–Kier alpha value is -2.04. The maximum atomic E-state index is 11.7. The first-order chi connectivity index (χ1) is 9.88. The molecule has 1 unspecified atom stereocenters. The number of hydrogen-bond donors (Lipinski definition) is 2. The molecule has 0 saturated heterocycles. The fourth-order valence-electron chi connectivity index (χ4n) is 1.90. The number of aliphatic carboxylic acids is 1. The molecule has 0 heterocycles. The molecule has 5 nitrogen and oxygen atoms in total. The third-order valence-electron chi connectivity index (χ3n) is 2.92. The molecule has 0 radical (unpaired) electrons. The molecule has 0 aliphatic rings. The van der Waals surface area contributed by atoms with Gasteiger partial charge in [-0.1, -0.05) is 12.1 Å². The van der Waals surface area contributed by atoms with Crippen molar-refractivity contribution in [2.24, 2.45) is 0 Å². The van der Waals surface area contributed by atoms with E-state index in [1.807, 2.05) is 45.0 Å². The van der Waals surface area contributed by atoms with Gasteiger partial charge in [-0.15, -0.1) is 0 Å². The highest BCUT2D eigenvalue weighted by atomic mass is 16.5. The third-order valence-corrected chi connectivity index (χ3v) is 2.92. The van der Waals surface area contributed by atoms with Crippen molar-refractivity contribution in [1.29, 1.82) is 0 Å². The highest BCUT2D eigenvalue weighted by Gasteiger charge is 2.10. The summed E-state index contributed by atoms with van der Waals surface area (Å²) in [6.45, 7) is 5.83. The number of carboxylic acid groups (broad SMARTS) is 1. The summed E-state index contributed by atoms with van der Waals surface area (Å²) in [5.74, 6) is -0.211. The minimum absolute atomic E-state index is 0.0169. The van der Waals surface area contributed by atoms with Crippen molar-refractivity contribution >= 4 is 11.9 Å². The summed E-state index contributed by atoms with van der Waals surface area (Å²) in [4.78, 5) is 22.1. The number of amides is 1. The summed E-state index contributed by atoms with van der Waals surface area (Å²) in [6.07, 6.45) is 0.728. The zero-order chi connectivity index (χ0) is 15.8.